The topological polar surface area (TPSA) is 233 Å². The maximum Gasteiger partial charge on any atom is 0.417 e. The number of benzene rings is 2. The van der Waals surface area contributed by atoms with Gasteiger partial charge < -0.3 is 48.4 Å². The quantitative estimate of drug-likeness (QED) is 0.0469. The predicted octanol–water partition coefficient (Wildman–Crippen LogP) is 7.35. The van der Waals surface area contributed by atoms with Crippen LogP contribution in [0.4, 0.5) is 26.7 Å². The number of amides is 4. The molecule has 5 atom stereocenters. The third-order valence-electron chi connectivity index (χ3n) is 11.6. The zero-order valence-corrected chi connectivity index (χ0v) is 40.8. The van der Waals surface area contributed by atoms with Crippen LogP contribution in [-0.2, 0) is 9.47 Å². The Hall–Kier alpha value is -6.23. The van der Waals surface area contributed by atoms with Gasteiger partial charge in [0.25, 0.3) is 17.5 Å². The summed E-state index contributed by atoms with van der Waals surface area (Å²) < 4.78 is 35.1. The molecule has 5 heterocycles. The summed E-state index contributed by atoms with van der Waals surface area (Å²) >= 11 is 0. The first-order chi connectivity index (χ1) is 32.8. The summed E-state index contributed by atoms with van der Waals surface area (Å²) in [5.41, 5.74) is 0.868. The van der Waals surface area contributed by atoms with Crippen LogP contribution in [0.1, 0.15) is 80.5 Å². The van der Waals surface area contributed by atoms with Crippen molar-refractivity contribution in [3.8, 4) is 23.0 Å². The van der Waals surface area contributed by atoms with Crippen LogP contribution in [0.25, 0.3) is 0 Å². The lowest BCUT2D eigenvalue weighted by Crippen LogP contribution is -2.51. The van der Waals surface area contributed by atoms with Gasteiger partial charge in [0, 0.05) is 36.5 Å². The van der Waals surface area contributed by atoms with Crippen LogP contribution in [0.3, 0.4) is 0 Å². The summed E-state index contributed by atoms with van der Waals surface area (Å²) in [6.45, 7) is 15.7. The lowest BCUT2D eigenvalue weighted by molar-refractivity contribution is -0.385. The Morgan fingerprint density at radius 2 is 1.33 bits per heavy atom. The Balaban J connectivity index is 1.01. The number of hydrogen-bond donors (Lipinski definition) is 2. The number of nitro groups is 1. The number of aliphatic hydroxyl groups excluding tert-OH is 2. The minimum absolute atomic E-state index is 0.0754. The van der Waals surface area contributed by atoms with Crippen LogP contribution in [0.15, 0.2) is 71.9 Å². The lowest BCUT2D eigenvalue weighted by atomic mass is 10.1. The molecule has 0 aliphatic carbocycles. The highest BCUT2D eigenvalue weighted by Crippen LogP contribution is 2.44. The van der Waals surface area contributed by atoms with Gasteiger partial charge >= 0.3 is 12.2 Å². The number of nitrogens with zero attached hydrogens (tertiary/aromatic N) is 6. The van der Waals surface area contributed by atoms with Crippen molar-refractivity contribution in [2.75, 3.05) is 56.9 Å². The van der Waals surface area contributed by atoms with Crippen LogP contribution in [-0.4, -0.2) is 136 Å². The van der Waals surface area contributed by atoms with Crippen LogP contribution < -0.4 is 28.7 Å². The highest BCUT2D eigenvalue weighted by atomic mass is 33.1. The molecule has 22 heteroatoms. The molecule has 1 aromatic heterocycles. The third-order valence-corrected chi connectivity index (χ3v) is 14.4. The smallest absolute Gasteiger partial charge is 0.417 e. The van der Waals surface area contributed by atoms with E-state index < -0.39 is 59.1 Å². The van der Waals surface area contributed by atoms with E-state index in [0.717, 1.165) is 21.6 Å². The molecule has 3 aromatic rings. The molecule has 0 spiro atoms. The average Bonchev–Trinajstić information content (AvgIpc) is 3.87. The van der Waals surface area contributed by atoms with Crippen LogP contribution in [0.2, 0.25) is 0 Å². The first kappa shape index (κ1) is 50.6. The Kier molecular flexibility index (Phi) is 15.5. The fourth-order valence-electron chi connectivity index (χ4n) is 8.37. The van der Waals surface area contributed by atoms with E-state index in [2.05, 4.69) is 18.1 Å². The van der Waals surface area contributed by atoms with Gasteiger partial charge in [0.1, 0.15) is 23.4 Å². The van der Waals surface area contributed by atoms with Gasteiger partial charge in [0.15, 0.2) is 35.5 Å². The largest absolute Gasteiger partial charge is 0.493 e. The summed E-state index contributed by atoms with van der Waals surface area (Å²) in [4.78, 5) is 75.2. The number of ether oxygens (including phenoxy) is 6. The Morgan fingerprint density at radius 3 is 1.78 bits per heavy atom. The van der Waals surface area contributed by atoms with Crippen LogP contribution >= 0.6 is 21.6 Å². The molecular weight excluding hydrogens is 937 g/mol. The van der Waals surface area contributed by atoms with Gasteiger partial charge in [-0.3, -0.25) is 19.7 Å². The highest BCUT2D eigenvalue weighted by molar-refractivity contribution is 8.76. The van der Waals surface area contributed by atoms with E-state index in [9.17, 15) is 39.5 Å². The minimum atomic E-state index is -1.49. The van der Waals surface area contributed by atoms with Gasteiger partial charge in [-0.25, -0.2) is 24.4 Å². The molecule has 0 radical (unpaired) electrons. The number of unbranched alkanes of at least 4 members (excludes halogenated alkanes) is 2. The van der Waals surface area contributed by atoms with Gasteiger partial charge in [0.05, 0.1) is 66.9 Å². The Morgan fingerprint density at radius 1 is 0.826 bits per heavy atom. The van der Waals surface area contributed by atoms with Gasteiger partial charge in [-0.1, -0.05) is 35.1 Å². The van der Waals surface area contributed by atoms with Crippen molar-refractivity contribution in [1.82, 2.24) is 14.8 Å². The molecule has 0 unspecified atom stereocenters. The SMILES string of the molecule is C=C1C[C@H]2[C@H](O)N(C(=O)OC[C@@H](C)SSc3ccc([N+](=O)[O-])cn3)c3cc(OCCCCCOc4cc5c(cc4OC)C(=O)N4CC(=C)C[C@H]4[C@H](O)N5C(=O)OC(C)(C)C)c(OC)cc3C(=O)N2C1. The number of fused-ring (bicyclic) bond motifs is 4. The Labute approximate surface area is 407 Å². The van der Waals surface area contributed by atoms with E-state index in [-0.39, 0.29) is 95.8 Å². The second-order valence-electron chi connectivity index (χ2n) is 17.9. The number of aliphatic hydroxyl groups is 2. The number of carbonyl (C=O) groups is 4. The number of carbonyl (C=O) groups excluding carboxylic acids is 4. The summed E-state index contributed by atoms with van der Waals surface area (Å²) in [5, 5.41) is 34.6. The standard InChI is InChI=1S/C47H56N6O14S2/c1-26-16-34-43(56)51(45(58)66-25-28(3)68-69-40-13-12-29(22-48-40)53(60)61)32-20-38(36(62-7)18-30(32)41(54)49(34)23-26)64-14-10-9-11-15-65-39-21-33-31(19-37(39)63-8)42(55)50-24-27(2)17-35(50)44(57)52(33)46(59)67-47(4,5)6/h12-13,18-22,28,34-35,43-44,56-57H,1-2,9-11,14-17,23-25H2,3-8H3/t28-,34+,35+,43+,44+/m1/s1. The van der Waals surface area contributed by atoms with Crippen molar-refractivity contribution in [3.63, 3.8) is 0 Å². The minimum Gasteiger partial charge on any atom is -0.493 e. The van der Waals surface area contributed by atoms with E-state index in [1.807, 2.05) is 6.92 Å². The van der Waals surface area contributed by atoms with Crippen molar-refractivity contribution in [2.24, 2.45) is 0 Å². The number of anilines is 2. The molecule has 4 aliphatic rings. The Bertz CT molecular complexity index is 2500. The number of aromatic nitrogens is 1. The van der Waals surface area contributed by atoms with E-state index in [1.54, 1.807) is 20.8 Å². The second-order valence-corrected chi connectivity index (χ2v) is 20.6. The molecule has 2 saturated heterocycles. The molecule has 7 rings (SSSR count). The molecule has 0 bridgehead atoms. The van der Waals surface area contributed by atoms with Crippen molar-refractivity contribution < 1.29 is 62.7 Å². The molecule has 370 valence electrons. The maximum absolute atomic E-state index is 14.0. The summed E-state index contributed by atoms with van der Waals surface area (Å²) in [6.07, 6.45) is -1.20. The fourth-order valence-corrected chi connectivity index (χ4v) is 10.2. The monoisotopic (exact) mass is 992 g/mol. The van der Waals surface area contributed by atoms with Gasteiger partial charge in [-0.05, 0) is 88.8 Å². The van der Waals surface area contributed by atoms with Gasteiger partial charge in [-0.2, -0.15) is 0 Å². The van der Waals surface area contributed by atoms with Crippen LogP contribution in [0.5, 0.6) is 23.0 Å². The first-order valence-corrected chi connectivity index (χ1v) is 24.4. The van der Waals surface area contributed by atoms with E-state index in [4.69, 9.17) is 28.4 Å². The maximum atomic E-state index is 14.0. The summed E-state index contributed by atoms with van der Waals surface area (Å²) in [6, 6.07) is 7.32. The lowest BCUT2D eigenvalue weighted by Gasteiger charge is -2.33. The number of hydrogen-bond acceptors (Lipinski definition) is 17. The van der Waals surface area contributed by atoms with E-state index in [0.29, 0.717) is 36.3 Å². The van der Waals surface area contributed by atoms with Crippen LogP contribution in [0, 0.1) is 10.1 Å². The van der Waals surface area contributed by atoms with E-state index >= 15 is 0 Å². The summed E-state index contributed by atoms with van der Waals surface area (Å²) in [7, 11) is 5.46. The molecule has 2 fully saturated rings. The molecule has 4 amide bonds. The average molecular weight is 993 g/mol. The van der Waals surface area contributed by atoms with E-state index in [1.165, 1.54) is 82.0 Å². The molecule has 69 heavy (non-hydrogen) atoms. The first-order valence-electron chi connectivity index (χ1n) is 22.2. The number of methoxy groups -OCH3 is 2. The predicted molar refractivity (Wildman–Crippen MR) is 256 cm³/mol. The number of rotatable bonds is 16. The molecular formula is C47H56N6O14S2. The van der Waals surface area contributed by atoms with Gasteiger partial charge in [0.2, 0.25) is 0 Å². The zero-order valence-electron chi connectivity index (χ0n) is 39.2. The highest BCUT2D eigenvalue weighted by Gasteiger charge is 2.48. The van der Waals surface area contributed by atoms with Crippen molar-refractivity contribution in [2.45, 2.75) is 100 Å². The fraction of sp³-hybridized carbons (Fsp3) is 0.468. The van der Waals surface area contributed by atoms with Crippen molar-refractivity contribution in [3.05, 3.63) is 88.1 Å². The molecule has 0 saturated carbocycles. The third kappa shape index (κ3) is 11.1. The molecule has 4 aliphatic heterocycles. The molecule has 20 nitrogen and oxygen atoms in total. The summed E-state index contributed by atoms with van der Waals surface area (Å²) in [5.74, 6) is 0.135. The molecule has 2 N–H and O–H groups in total. The van der Waals surface area contributed by atoms with Crippen molar-refractivity contribution >= 4 is 62.7 Å². The van der Waals surface area contributed by atoms with Gasteiger partial charge in [-0.15, -0.1) is 0 Å². The number of pyridine rings is 1. The van der Waals surface area contributed by atoms with Crippen molar-refractivity contribution in [1.29, 1.82) is 0 Å². The second kappa shape index (κ2) is 21.2. The zero-order chi connectivity index (χ0) is 49.9. The normalized spacial score (nSPS) is 20.3. The molecule has 2 aromatic carbocycles.